The van der Waals surface area contributed by atoms with Crippen molar-refractivity contribution < 1.29 is 60.3 Å². The van der Waals surface area contributed by atoms with Crippen molar-refractivity contribution >= 4 is 11.8 Å². The number of hydrogen-bond acceptors (Lipinski definition) is 4. The third kappa shape index (κ3) is 39.1. The smallest absolute Gasteiger partial charge is 1.00 e. The van der Waals surface area contributed by atoms with Crippen LogP contribution in [0.5, 0.6) is 0 Å². The van der Waals surface area contributed by atoms with Crippen molar-refractivity contribution in [1.29, 1.82) is 5.26 Å². The predicted octanol–water partition coefficient (Wildman–Crippen LogP) is -4.27. The van der Waals surface area contributed by atoms with E-state index in [-0.39, 0.29) is 35.3 Å². The molecule has 0 rings (SSSR count). The third-order valence-corrected chi connectivity index (χ3v) is 0.393. The van der Waals surface area contributed by atoms with Gasteiger partial charge in [0.1, 0.15) is 5.78 Å². The molecule has 11 heavy (non-hydrogen) atoms. The van der Waals surface area contributed by atoms with Gasteiger partial charge in [-0.1, -0.05) is 0 Å². The molecule has 0 bridgehead atoms. The van der Waals surface area contributed by atoms with Crippen molar-refractivity contribution in [3.63, 3.8) is 0 Å². The molecular weight excluding hydrogens is 201 g/mol. The Balaban J connectivity index is -0.000000140. The number of rotatable bonds is 2. The molecule has 0 heterocycles. The van der Waals surface area contributed by atoms with Crippen molar-refractivity contribution in [3.05, 3.63) is 0 Å². The molecule has 0 fully saturated rings. The number of carboxylic acid groups (broad SMARTS) is 1. The number of hydrogen-bond donors (Lipinski definition) is 0. The van der Waals surface area contributed by atoms with Gasteiger partial charge in [-0.25, -0.2) is 0 Å². The van der Waals surface area contributed by atoms with Crippen molar-refractivity contribution in [1.82, 2.24) is 0 Å². The molecule has 0 amide bonds. The summed E-state index contributed by atoms with van der Waals surface area (Å²) in [5.41, 5.74) is 0. The average Bonchev–Trinajstić information content (AvgIpc) is 1.62. The van der Waals surface area contributed by atoms with Crippen LogP contribution in [0.15, 0.2) is 0 Å². The van der Waals surface area contributed by atoms with Gasteiger partial charge in [0.2, 0.25) is 0 Å². The van der Waals surface area contributed by atoms with E-state index < -0.39 is 12.4 Å². The summed E-state index contributed by atoms with van der Waals surface area (Å²) in [6.07, 6.45) is -0.472. The maximum atomic E-state index is 9.83. The molecule has 0 aromatic carbocycles. The van der Waals surface area contributed by atoms with E-state index in [4.69, 9.17) is 5.26 Å². The SMILES string of the molecule is CC(=O)CC(=O)[O-].N#[C][Fe].[Na+]. The van der Waals surface area contributed by atoms with Crippen molar-refractivity contribution in [2.24, 2.45) is 0 Å². The van der Waals surface area contributed by atoms with Crippen LogP contribution in [0.3, 0.4) is 0 Å². The zero-order chi connectivity index (χ0) is 8.57. The molecule has 0 aromatic heterocycles. The Morgan fingerprint density at radius 1 is 1.64 bits per heavy atom. The maximum Gasteiger partial charge on any atom is 1.00 e. The number of Topliss-reactive ketones (excluding diaryl/α,β-unsaturated/α-hetero) is 1. The van der Waals surface area contributed by atoms with Gasteiger partial charge in [0, 0.05) is 12.4 Å². The fraction of sp³-hybridized carbons (Fsp3) is 0.400. The Morgan fingerprint density at radius 2 is 1.91 bits per heavy atom. The second-order valence-corrected chi connectivity index (χ2v) is 1.58. The maximum absolute atomic E-state index is 9.83. The van der Waals surface area contributed by atoms with Crippen molar-refractivity contribution in [2.45, 2.75) is 13.3 Å². The number of carbonyl (C=O) groups is 2. The van der Waals surface area contributed by atoms with Crippen LogP contribution >= 0.6 is 0 Å². The summed E-state index contributed by atoms with van der Waals surface area (Å²) in [5, 5.41) is 16.7. The molecule has 0 atom stereocenters. The molecule has 0 aliphatic rings. The topological polar surface area (TPSA) is 81.0 Å². The first-order valence-electron chi connectivity index (χ1n) is 2.22. The number of carbonyl (C=O) groups excluding carboxylic acids is 2. The Kier molecular flexibility index (Phi) is 20.1. The van der Waals surface area contributed by atoms with Crippen LogP contribution in [0, 0.1) is 10.2 Å². The minimum Gasteiger partial charge on any atom is 1.00 e. The molecule has 0 spiro atoms. The van der Waals surface area contributed by atoms with Gasteiger partial charge in [0.25, 0.3) is 0 Å². The van der Waals surface area contributed by atoms with Crippen LogP contribution in [-0.4, -0.2) is 11.8 Å². The fourth-order valence-corrected chi connectivity index (χ4v) is 0.203. The number of nitriles is 1. The summed E-state index contributed by atoms with van der Waals surface area (Å²) < 4.78 is 0. The van der Waals surface area contributed by atoms with E-state index in [2.05, 4.69) is 16.0 Å². The van der Waals surface area contributed by atoms with Gasteiger partial charge in [-0.05, 0) is 6.92 Å². The second kappa shape index (κ2) is 12.8. The van der Waals surface area contributed by atoms with E-state index >= 15 is 0 Å². The quantitative estimate of drug-likeness (QED) is 0.338. The number of carboxylic acids is 1. The van der Waals surface area contributed by atoms with Gasteiger partial charge >= 0.3 is 55.8 Å². The molecule has 0 aliphatic heterocycles. The summed E-state index contributed by atoms with van der Waals surface area (Å²) in [4.78, 5) is 20.8. The van der Waals surface area contributed by atoms with E-state index in [1.54, 1.807) is 0 Å². The molecule has 0 saturated heterocycles. The number of ketones is 1. The van der Waals surface area contributed by atoms with Gasteiger partial charge in [-0.15, -0.1) is 0 Å². The normalized spacial score (nSPS) is 5.91. The van der Waals surface area contributed by atoms with Gasteiger partial charge < -0.3 is 9.90 Å². The predicted molar refractivity (Wildman–Crippen MR) is 25.9 cm³/mol. The molecule has 0 saturated carbocycles. The largest absolute Gasteiger partial charge is 1.00 e. The second-order valence-electron chi connectivity index (χ2n) is 1.33. The van der Waals surface area contributed by atoms with Crippen LogP contribution in [-0.2, 0) is 25.6 Å². The average molecular weight is 206 g/mol. The van der Waals surface area contributed by atoms with Crippen LogP contribution in [0.1, 0.15) is 13.3 Å². The van der Waals surface area contributed by atoms with Crippen LogP contribution in [0.2, 0.25) is 0 Å². The minimum absolute atomic E-state index is 0. The molecule has 0 aliphatic carbocycles. The number of aliphatic carboxylic acids is 1. The summed E-state index contributed by atoms with van der Waals surface area (Å²) >= 11 is 2.79. The molecular formula is C5H5FeNNaO3. The van der Waals surface area contributed by atoms with E-state index in [9.17, 15) is 14.7 Å². The fourth-order valence-electron chi connectivity index (χ4n) is 0.203. The number of nitrogens with zero attached hydrogens (tertiary/aromatic N) is 1. The summed E-state index contributed by atoms with van der Waals surface area (Å²) in [5.74, 6) is -1.69. The van der Waals surface area contributed by atoms with Crippen LogP contribution in [0.25, 0.3) is 0 Å². The Hall–Kier alpha value is 0.149. The summed E-state index contributed by atoms with van der Waals surface area (Å²) in [6, 6.07) is 0. The Labute approximate surface area is 95.1 Å². The third-order valence-electron chi connectivity index (χ3n) is 0.393. The molecule has 4 nitrogen and oxygen atoms in total. The van der Waals surface area contributed by atoms with Crippen LogP contribution in [0.4, 0.5) is 0 Å². The molecule has 0 unspecified atom stereocenters. The van der Waals surface area contributed by atoms with Gasteiger partial charge in [-0.3, -0.25) is 4.79 Å². The van der Waals surface area contributed by atoms with Gasteiger partial charge in [0.15, 0.2) is 0 Å². The van der Waals surface area contributed by atoms with E-state index in [0.29, 0.717) is 0 Å². The van der Waals surface area contributed by atoms with E-state index in [1.807, 2.05) is 0 Å². The Morgan fingerprint density at radius 3 is 1.91 bits per heavy atom. The molecule has 0 radical (unpaired) electrons. The van der Waals surface area contributed by atoms with Gasteiger partial charge in [0.05, 0.1) is 0 Å². The van der Waals surface area contributed by atoms with Crippen molar-refractivity contribution in [2.75, 3.05) is 0 Å². The van der Waals surface area contributed by atoms with Crippen molar-refractivity contribution in [3.8, 4) is 4.97 Å². The zero-order valence-electron chi connectivity index (χ0n) is 6.23. The molecule has 6 heteroatoms. The van der Waals surface area contributed by atoms with E-state index in [0.717, 1.165) is 0 Å². The molecule has 57 valence electrons. The van der Waals surface area contributed by atoms with E-state index in [1.165, 1.54) is 11.9 Å². The minimum atomic E-state index is -1.31. The van der Waals surface area contributed by atoms with Gasteiger partial charge in [-0.2, -0.15) is 0 Å². The molecule has 0 N–H and O–H groups in total. The standard InChI is InChI=1S/C4H6O3.CN.Fe.Na/c1-3(5)2-4(6)7;1-2;;/h2H2,1H3,(H,6,7);;;/q;;;+1/p-1. The zero-order valence-corrected chi connectivity index (χ0v) is 9.34. The van der Waals surface area contributed by atoms with Crippen LogP contribution < -0.4 is 34.7 Å². The first-order chi connectivity index (χ1) is 4.54. The summed E-state index contributed by atoms with van der Waals surface area (Å²) in [6.45, 7) is 1.20. The first kappa shape index (κ1) is 17.3. The molecule has 0 aromatic rings. The Bertz CT molecular complexity index is 154. The monoisotopic (exact) mass is 206 g/mol. The summed E-state index contributed by atoms with van der Waals surface area (Å²) in [7, 11) is 0. The first-order valence-corrected chi connectivity index (χ1v) is 2.77.